The molecule has 136 valence electrons. The molecule has 4 nitrogen and oxygen atoms in total. The topological polar surface area (TPSA) is 77.8 Å². The molecule has 5 heteroatoms. The number of phosphoric acid groups is 1. The lowest BCUT2D eigenvalue weighted by molar-refractivity contribution is 0.275. The summed E-state index contributed by atoms with van der Waals surface area (Å²) in [5.74, 6) is 0. The Labute approximate surface area is 157 Å². The molecule has 0 saturated carbocycles. The quantitative estimate of drug-likeness (QED) is 0.417. The maximum atomic E-state index is 8.88. The van der Waals surface area contributed by atoms with Crippen LogP contribution >= 0.6 is 7.82 Å². The van der Waals surface area contributed by atoms with Crippen LogP contribution in [0.1, 0.15) is 0 Å². The molecule has 0 heterocycles. The van der Waals surface area contributed by atoms with Crippen molar-refractivity contribution in [3.63, 3.8) is 0 Å². The van der Waals surface area contributed by atoms with Crippen molar-refractivity contribution in [2.24, 2.45) is 0 Å². The summed E-state index contributed by atoms with van der Waals surface area (Å²) < 4.78 is 8.88. The van der Waals surface area contributed by atoms with E-state index in [1.807, 2.05) is 0 Å². The third kappa shape index (κ3) is 5.13. The van der Waals surface area contributed by atoms with Gasteiger partial charge in [0.1, 0.15) is 0 Å². The van der Waals surface area contributed by atoms with E-state index in [0.717, 1.165) is 0 Å². The lowest BCUT2D eigenvalue weighted by Gasteiger charge is -2.14. The van der Waals surface area contributed by atoms with E-state index in [9.17, 15) is 0 Å². The number of hydrogen-bond acceptors (Lipinski definition) is 1. The highest BCUT2D eigenvalue weighted by Gasteiger charge is 2.11. The molecule has 0 unspecified atom stereocenters. The first-order valence-corrected chi connectivity index (χ1v) is 9.91. The Kier molecular flexibility index (Phi) is 5.84. The Balaban J connectivity index is 0.000000376. The van der Waals surface area contributed by atoms with Crippen LogP contribution in [0.2, 0.25) is 0 Å². The van der Waals surface area contributed by atoms with Crippen LogP contribution in [0.3, 0.4) is 0 Å². The molecule has 4 rings (SSSR count). The summed E-state index contributed by atoms with van der Waals surface area (Å²) in [6, 6.07) is 34.3. The van der Waals surface area contributed by atoms with Crippen molar-refractivity contribution in [1.82, 2.24) is 0 Å². The molecule has 0 spiro atoms. The summed E-state index contributed by atoms with van der Waals surface area (Å²) in [5, 5.41) is 2.58. The van der Waals surface area contributed by atoms with Crippen molar-refractivity contribution in [2.75, 3.05) is 0 Å². The van der Waals surface area contributed by atoms with E-state index in [1.54, 1.807) is 0 Å². The van der Waals surface area contributed by atoms with Crippen molar-refractivity contribution < 1.29 is 19.2 Å². The maximum absolute atomic E-state index is 8.88. The maximum Gasteiger partial charge on any atom is 0.466 e. The molecular formula is C22H19O4P. The zero-order valence-electron chi connectivity index (χ0n) is 14.4. The van der Waals surface area contributed by atoms with E-state index in [4.69, 9.17) is 19.2 Å². The van der Waals surface area contributed by atoms with E-state index in [0.29, 0.717) is 0 Å². The average Bonchev–Trinajstić information content (AvgIpc) is 2.67. The lowest BCUT2D eigenvalue weighted by Crippen LogP contribution is -1.87. The molecule has 0 aliphatic carbocycles. The van der Waals surface area contributed by atoms with Crippen LogP contribution in [0.15, 0.2) is 97.1 Å². The largest absolute Gasteiger partial charge is 0.466 e. The van der Waals surface area contributed by atoms with Gasteiger partial charge >= 0.3 is 7.82 Å². The fraction of sp³-hybridized carbons (Fsp3) is 0. The number of benzene rings is 4. The van der Waals surface area contributed by atoms with Gasteiger partial charge in [0.15, 0.2) is 0 Å². The fourth-order valence-corrected chi connectivity index (χ4v) is 3.05. The van der Waals surface area contributed by atoms with Gasteiger partial charge in [-0.15, -0.1) is 0 Å². The van der Waals surface area contributed by atoms with Gasteiger partial charge in [-0.3, -0.25) is 0 Å². The predicted octanol–water partition coefficient (Wildman–Crippen LogP) is 5.25. The van der Waals surface area contributed by atoms with E-state index in [1.165, 1.54) is 33.0 Å². The molecule has 27 heavy (non-hydrogen) atoms. The molecule has 3 N–H and O–H groups in total. The third-order valence-electron chi connectivity index (χ3n) is 4.08. The predicted molar refractivity (Wildman–Crippen MR) is 109 cm³/mol. The van der Waals surface area contributed by atoms with E-state index in [-0.39, 0.29) is 0 Å². The molecule has 0 saturated heterocycles. The minimum atomic E-state index is -4.64. The second kappa shape index (κ2) is 8.30. The van der Waals surface area contributed by atoms with Crippen molar-refractivity contribution >= 4 is 18.6 Å². The standard InChI is InChI=1S/C22H16.H3O4P/c1-3-9-17(10-4-1)21-16-15-18-11-7-8-14-20(18)22(21)19-12-5-2-6-13-19;1-5(2,3)4/h1-16H;(H3,1,2,3,4). The van der Waals surface area contributed by atoms with Gasteiger partial charge in [-0.1, -0.05) is 97.1 Å². The highest BCUT2D eigenvalue weighted by atomic mass is 31.2. The average molecular weight is 378 g/mol. The minimum absolute atomic E-state index is 1.26. The second-order valence-corrected chi connectivity index (χ2v) is 6.98. The van der Waals surface area contributed by atoms with Crippen LogP contribution in [0.4, 0.5) is 0 Å². The number of fused-ring (bicyclic) bond motifs is 1. The van der Waals surface area contributed by atoms with Crippen LogP contribution in [0.5, 0.6) is 0 Å². The van der Waals surface area contributed by atoms with E-state index in [2.05, 4.69) is 97.1 Å². The fourth-order valence-electron chi connectivity index (χ4n) is 3.05. The normalized spacial score (nSPS) is 10.9. The molecule has 0 bridgehead atoms. The summed E-state index contributed by atoms with van der Waals surface area (Å²) >= 11 is 0. The number of hydrogen-bond donors (Lipinski definition) is 3. The molecule has 0 aliphatic heterocycles. The van der Waals surface area contributed by atoms with E-state index < -0.39 is 7.82 Å². The van der Waals surface area contributed by atoms with Gasteiger partial charge in [0, 0.05) is 0 Å². The molecule has 0 amide bonds. The summed E-state index contributed by atoms with van der Waals surface area (Å²) in [6.45, 7) is 0. The highest BCUT2D eigenvalue weighted by Crippen LogP contribution is 2.37. The van der Waals surface area contributed by atoms with E-state index >= 15 is 0 Å². The molecule has 0 fully saturated rings. The highest BCUT2D eigenvalue weighted by molar-refractivity contribution is 7.45. The van der Waals surface area contributed by atoms with Crippen molar-refractivity contribution in [1.29, 1.82) is 0 Å². The smallest absolute Gasteiger partial charge is 0.303 e. The van der Waals surface area contributed by atoms with Crippen LogP contribution in [-0.4, -0.2) is 14.7 Å². The van der Waals surface area contributed by atoms with Crippen LogP contribution in [-0.2, 0) is 4.57 Å². The van der Waals surface area contributed by atoms with Gasteiger partial charge in [-0.05, 0) is 33.0 Å². The Morgan fingerprint density at radius 3 is 1.63 bits per heavy atom. The number of rotatable bonds is 2. The molecule has 0 atom stereocenters. The zero-order chi connectivity index (χ0) is 19.3. The molecule has 0 aromatic heterocycles. The summed E-state index contributed by atoms with van der Waals surface area (Å²) in [7, 11) is -4.64. The molecule has 0 radical (unpaired) electrons. The van der Waals surface area contributed by atoms with Crippen LogP contribution < -0.4 is 0 Å². The zero-order valence-corrected chi connectivity index (χ0v) is 15.3. The van der Waals surface area contributed by atoms with Gasteiger partial charge in [-0.2, -0.15) is 0 Å². The summed E-state index contributed by atoms with van der Waals surface area (Å²) in [6.07, 6.45) is 0. The Morgan fingerprint density at radius 2 is 1.04 bits per heavy atom. The Bertz CT molecular complexity index is 1060. The lowest BCUT2D eigenvalue weighted by atomic mass is 9.90. The summed E-state index contributed by atoms with van der Waals surface area (Å²) in [4.78, 5) is 21.6. The van der Waals surface area contributed by atoms with Crippen molar-refractivity contribution in [3.8, 4) is 22.3 Å². The summed E-state index contributed by atoms with van der Waals surface area (Å²) in [5.41, 5.74) is 5.11. The van der Waals surface area contributed by atoms with Crippen LogP contribution in [0, 0.1) is 0 Å². The SMILES string of the molecule is O=P(O)(O)O.c1ccc(-c2ccc3ccccc3c2-c2ccccc2)cc1. The first kappa shape index (κ1) is 19.0. The van der Waals surface area contributed by atoms with Crippen molar-refractivity contribution in [3.05, 3.63) is 97.1 Å². The Hall–Kier alpha value is -2.75. The second-order valence-electron chi connectivity index (χ2n) is 5.95. The van der Waals surface area contributed by atoms with Gasteiger partial charge in [0.2, 0.25) is 0 Å². The molecule has 4 aromatic carbocycles. The van der Waals surface area contributed by atoms with Gasteiger partial charge in [-0.25, -0.2) is 4.57 Å². The first-order chi connectivity index (χ1) is 12.9. The van der Waals surface area contributed by atoms with Crippen molar-refractivity contribution in [2.45, 2.75) is 0 Å². The Morgan fingerprint density at radius 1 is 0.556 bits per heavy atom. The van der Waals surface area contributed by atoms with Gasteiger partial charge < -0.3 is 14.7 Å². The molecular weight excluding hydrogens is 359 g/mol. The third-order valence-corrected chi connectivity index (χ3v) is 4.08. The minimum Gasteiger partial charge on any atom is -0.303 e. The molecule has 0 aliphatic rings. The first-order valence-electron chi connectivity index (χ1n) is 8.34. The van der Waals surface area contributed by atoms with Crippen LogP contribution in [0.25, 0.3) is 33.0 Å². The van der Waals surface area contributed by atoms with Gasteiger partial charge in [0.25, 0.3) is 0 Å². The van der Waals surface area contributed by atoms with Gasteiger partial charge in [0.05, 0.1) is 0 Å². The monoisotopic (exact) mass is 378 g/mol. The molecule has 4 aromatic rings.